The molecular formula is C23H20F3N5O2. The molecule has 0 bridgehead atoms. The van der Waals surface area contributed by atoms with Crippen LogP contribution in [-0.2, 0) is 17.5 Å². The van der Waals surface area contributed by atoms with Gasteiger partial charge in [-0.25, -0.2) is 9.78 Å². The molecule has 33 heavy (non-hydrogen) atoms. The minimum absolute atomic E-state index is 0.0514. The van der Waals surface area contributed by atoms with Gasteiger partial charge in [-0.2, -0.15) is 23.0 Å². The standard InChI is InChI=1S/C23H20F3N5O2/c1-11-5-4-6-15-20(11)27-12(2)19-13(3)30-31(21(15)19)22(32)29-17-10-33-9-16-14(17)7-8-18(28-16)23(24,25)26/h4-8,17H,9-10H2,1-3H3,(H,29,32)/t17-/m1/s1. The van der Waals surface area contributed by atoms with E-state index in [2.05, 4.69) is 15.4 Å². The van der Waals surface area contributed by atoms with Crippen LogP contribution in [-0.4, -0.2) is 32.4 Å². The van der Waals surface area contributed by atoms with Gasteiger partial charge in [0.15, 0.2) is 0 Å². The van der Waals surface area contributed by atoms with Crippen LogP contribution in [0.25, 0.3) is 21.8 Å². The number of ether oxygens (including phenoxy) is 1. The number of alkyl halides is 3. The SMILES string of the molecule is Cc1cccc2c1nc(C)c1c(C)nn(C(=O)N[C@@H]3COCc4nc(C(F)(F)F)ccc43)c12. The Kier molecular flexibility index (Phi) is 4.86. The molecule has 0 aliphatic carbocycles. The number of aromatic nitrogens is 4. The maximum absolute atomic E-state index is 13.3. The number of hydrogen-bond acceptors (Lipinski definition) is 5. The van der Waals surface area contributed by atoms with Gasteiger partial charge in [0.1, 0.15) is 5.69 Å². The van der Waals surface area contributed by atoms with Crippen molar-refractivity contribution in [3.05, 3.63) is 64.2 Å². The van der Waals surface area contributed by atoms with Gasteiger partial charge in [0.05, 0.1) is 41.7 Å². The maximum Gasteiger partial charge on any atom is 0.433 e. The predicted octanol–water partition coefficient (Wildman–Crippen LogP) is 4.75. The first-order valence-electron chi connectivity index (χ1n) is 10.4. The summed E-state index contributed by atoms with van der Waals surface area (Å²) in [7, 11) is 0. The number of halogens is 3. The Morgan fingerprint density at radius 2 is 1.91 bits per heavy atom. The minimum Gasteiger partial charge on any atom is -0.373 e. The first-order valence-corrected chi connectivity index (χ1v) is 10.4. The third-order valence-electron chi connectivity index (χ3n) is 5.88. The number of nitrogens with zero attached hydrogens (tertiary/aromatic N) is 4. The molecule has 0 unspecified atom stereocenters. The van der Waals surface area contributed by atoms with Crippen molar-refractivity contribution in [3.63, 3.8) is 0 Å². The van der Waals surface area contributed by atoms with E-state index in [9.17, 15) is 18.0 Å². The van der Waals surface area contributed by atoms with Crippen LogP contribution >= 0.6 is 0 Å². The quantitative estimate of drug-likeness (QED) is 0.448. The number of nitrogens with one attached hydrogen (secondary N) is 1. The van der Waals surface area contributed by atoms with Crippen LogP contribution in [0.1, 0.15) is 39.9 Å². The average molecular weight is 455 g/mol. The lowest BCUT2D eigenvalue weighted by Crippen LogP contribution is -2.37. The van der Waals surface area contributed by atoms with Crippen LogP contribution in [0.2, 0.25) is 0 Å². The molecule has 0 spiro atoms. The number of carbonyl (C=O) groups is 1. The minimum atomic E-state index is -4.55. The van der Waals surface area contributed by atoms with Crippen molar-refractivity contribution >= 4 is 27.8 Å². The summed E-state index contributed by atoms with van der Waals surface area (Å²) in [4.78, 5) is 21.7. The molecule has 4 heterocycles. The summed E-state index contributed by atoms with van der Waals surface area (Å²) >= 11 is 0. The second-order valence-corrected chi connectivity index (χ2v) is 8.14. The molecule has 0 radical (unpaired) electrons. The fraction of sp³-hybridized carbons (Fsp3) is 0.304. The molecule has 5 rings (SSSR count). The summed E-state index contributed by atoms with van der Waals surface area (Å²) in [5.41, 5.74) is 3.48. The lowest BCUT2D eigenvalue weighted by molar-refractivity contribution is -0.141. The van der Waals surface area contributed by atoms with Crippen molar-refractivity contribution in [3.8, 4) is 0 Å². The van der Waals surface area contributed by atoms with Gasteiger partial charge in [-0.3, -0.25) is 4.98 Å². The van der Waals surface area contributed by atoms with E-state index in [1.54, 1.807) is 0 Å². The molecule has 7 nitrogen and oxygen atoms in total. The van der Waals surface area contributed by atoms with E-state index in [1.807, 2.05) is 39.0 Å². The van der Waals surface area contributed by atoms with Crippen LogP contribution in [0.5, 0.6) is 0 Å². The zero-order valence-electron chi connectivity index (χ0n) is 18.1. The molecule has 170 valence electrons. The number of aryl methyl sites for hydroxylation is 3. The van der Waals surface area contributed by atoms with Crippen LogP contribution in [0, 0.1) is 20.8 Å². The highest BCUT2D eigenvalue weighted by molar-refractivity contribution is 6.09. The van der Waals surface area contributed by atoms with Crippen LogP contribution in [0.15, 0.2) is 30.3 Å². The Labute approximate surface area is 186 Å². The number of para-hydroxylation sites is 1. The summed E-state index contributed by atoms with van der Waals surface area (Å²) in [5, 5.41) is 8.89. The highest BCUT2D eigenvalue weighted by atomic mass is 19.4. The van der Waals surface area contributed by atoms with Crippen molar-refractivity contribution < 1.29 is 22.7 Å². The summed E-state index contributed by atoms with van der Waals surface area (Å²) in [6.45, 7) is 5.70. The monoisotopic (exact) mass is 455 g/mol. The third kappa shape index (κ3) is 3.50. The topological polar surface area (TPSA) is 81.9 Å². The van der Waals surface area contributed by atoms with Gasteiger partial charge in [-0.1, -0.05) is 24.3 Å². The normalized spacial score (nSPS) is 16.2. The first kappa shape index (κ1) is 21.3. The van der Waals surface area contributed by atoms with E-state index >= 15 is 0 Å². The Bertz CT molecular complexity index is 1430. The molecule has 1 amide bonds. The molecule has 1 atom stereocenters. The Morgan fingerprint density at radius 3 is 2.67 bits per heavy atom. The zero-order valence-corrected chi connectivity index (χ0v) is 18.1. The molecule has 1 aromatic carbocycles. The van der Waals surface area contributed by atoms with Gasteiger partial charge in [-0.15, -0.1) is 0 Å². The summed E-state index contributed by atoms with van der Waals surface area (Å²) in [6, 6.07) is 6.83. The van der Waals surface area contributed by atoms with Crippen molar-refractivity contribution in [2.24, 2.45) is 0 Å². The molecule has 0 saturated heterocycles. The molecule has 3 aromatic heterocycles. The summed E-state index contributed by atoms with van der Waals surface area (Å²) in [6.07, 6.45) is -4.55. The van der Waals surface area contributed by atoms with Crippen LogP contribution in [0.4, 0.5) is 18.0 Å². The van der Waals surface area contributed by atoms with E-state index in [1.165, 1.54) is 10.7 Å². The van der Waals surface area contributed by atoms with Gasteiger partial charge in [-0.05, 0) is 32.4 Å². The summed E-state index contributed by atoms with van der Waals surface area (Å²) < 4.78 is 45.8. The fourth-order valence-electron chi connectivity index (χ4n) is 4.37. The second-order valence-electron chi connectivity index (χ2n) is 8.14. The van der Waals surface area contributed by atoms with Crippen molar-refractivity contribution in [1.82, 2.24) is 25.1 Å². The van der Waals surface area contributed by atoms with E-state index in [-0.39, 0.29) is 18.9 Å². The molecule has 10 heteroatoms. The fourth-order valence-corrected chi connectivity index (χ4v) is 4.37. The lowest BCUT2D eigenvalue weighted by Gasteiger charge is -2.26. The number of fused-ring (bicyclic) bond motifs is 4. The van der Waals surface area contributed by atoms with Crippen molar-refractivity contribution in [1.29, 1.82) is 0 Å². The van der Waals surface area contributed by atoms with E-state index in [0.717, 1.165) is 33.6 Å². The largest absolute Gasteiger partial charge is 0.433 e. The molecule has 1 aliphatic rings. The average Bonchev–Trinajstić information content (AvgIpc) is 3.12. The van der Waals surface area contributed by atoms with Gasteiger partial charge >= 0.3 is 12.2 Å². The highest BCUT2D eigenvalue weighted by Gasteiger charge is 2.35. The molecular weight excluding hydrogens is 435 g/mol. The van der Waals surface area contributed by atoms with E-state index < -0.39 is 23.9 Å². The zero-order chi connectivity index (χ0) is 23.5. The van der Waals surface area contributed by atoms with E-state index in [4.69, 9.17) is 9.72 Å². The maximum atomic E-state index is 13.3. The Morgan fingerprint density at radius 1 is 1.12 bits per heavy atom. The van der Waals surface area contributed by atoms with Gasteiger partial charge < -0.3 is 10.1 Å². The Balaban J connectivity index is 1.57. The number of rotatable bonds is 1. The molecule has 0 saturated carbocycles. The van der Waals surface area contributed by atoms with Gasteiger partial charge in [0, 0.05) is 22.0 Å². The van der Waals surface area contributed by atoms with Crippen LogP contribution < -0.4 is 5.32 Å². The van der Waals surface area contributed by atoms with Crippen molar-refractivity contribution in [2.45, 2.75) is 39.6 Å². The second kappa shape index (κ2) is 7.51. The first-order chi connectivity index (χ1) is 15.6. The lowest BCUT2D eigenvalue weighted by atomic mass is 10.0. The number of hydrogen-bond donors (Lipinski definition) is 1. The summed E-state index contributed by atoms with van der Waals surface area (Å²) in [5.74, 6) is 0. The highest BCUT2D eigenvalue weighted by Crippen LogP contribution is 2.33. The third-order valence-corrected chi connectivity index (χ3v) is 5.88. The molecule has 1 aliphatic heterocycles. The van der Waals surface area contributed by atoms with Gasteiger partial charge in [0.25, 0.3) is 0 Å². The smallest absolute Gasteiger partial charge is 0.373 e. The Hall–Kier alpha value is -3.53. The number of pyridine rings is 2. The predicted molar refractivity (Wildman–Crippen MR) is 115 cm³/mol. The number of benzene rings is 1. The van der Waals surface area contributed by atoms with Crippen molar-refractivity contribution in [2.75, 3.05) is 6.61 Å². The number of amides is 1. The molecule has 4 aromatic rings. The molecule has 1 N–H and O–H groups in total. The number of carbonyl (C=O) groups excluding carboxylic acids is 1. The van der Waals surface area contributed by atoms with Gasteiger partial charge in [0.2, 0.25) is 0 Å². The molecule has 0 fully saturated rings. The van der Waals surface area contributed by atoms with E-state index in [0.29, 0.717) is 16.8 Å². The van der Waals surface area contributed by atoms with Crippen LogP contribution in [0.3, 0.4) is 0 Å².